The fourth-order valence-electron chi connectivity index (χ4n) is 5.13. The van der Waals surface area contributed by atoms with Gasteiger partial charge in [-0.15, -0.1) is 11.3 Å². The van der Waals surface area contributed by atoms with Crippen LogP contribution in [0.1, 0.15) is 55.3 Å². The molecule has 4 unspecified atom stereocenters. The highest BCUT2D eigenvalue weighted by Gasteiger charge is 2.47. The van der Waals surface area contributed by atoms with E-state index in [1.165, 1.54) is 18.8 Å². The van der Waals surface area contributed by atoms with Gasteiger partial charge in [-0.25, -0.2) is 3.97 Å². The van der Waals surface area contributed by atoms with E-state index in [9.17, 15) is 18.0 Å². The Labute approximate surface area is 192 Å². The fourth-order valence-corrected chi connectivity index (χ4v) is 7.42. The Balaban J connectivity index is 1.38. The molecule has 1 amide bonds. The van der Waals surface area contributed by atoms with Crippen molar-refractivity contribution >= 4 is 33.2 Å². The molecule has 2 bridgehead atoms. The van der Waals surface area contributed by atoms with Crippen LogP contribution in [0.4, 0.5) is 0 Å². The highest BCUT2D eigenvalue weighted by Crippen LogP contribution is 2.50. The lowest BCUT2D eigenvalue weighted by Crippen LogP contribution is -2.43. The maximum atomic E-state index is 12.9. The summed E-state index contributed by atoms with van der Waals surface area (Å²) in [4.78, 5) is 23.5. The third kappa shape index (κ3) is 4.83. The Morgan fingerprint density at radius 3 is 2.78 bits per heavy atom. The smallest absolute Gasteiger partial charge is 0.303 e. The number of hydrogen-bond acceptors (Lipinski definition) is 5. The Hall–Kier alpha value is -2.39. The van der Waals surface area contributed by atoms with Crippen molar-refractivity contribution in [2.45, 2.75) is 55.2 Å². The van der Waals surface area contributed by atoms with E-state index in [-0.39, 0.29) is 22.6 Å². The van der Waals surface area contributed by atoms with E-state index in [0.29, 0.717) is 29.7 Å². The van der Waals surface area contributed by atoms with Gasteiger partial charge in [0.05, 0.1) is 5.56 Å². The molecule has 2 fully saturated rings. The zero-order valence-electron chi connectivity index (χ0n) is 17.7. The molecule has 0 spiro atoms. The number of amides is 1. The average Bonchev–Trinajstić information content (AvgIpc) is 3.55. The lowest BCUT2D eigenvalue weighted by Gasteiger charge is -2.31. The summed E-state index contributed by atoms with van der Waals surface area (Å²) in [6.45, 7) is 0. The van der Waals surface area contributed by atoms with Gasteiger partial charge in [-0.3, -0.25) is 9.59 Å². The third-order valence-corrected chi connectivity index (χ3v) is 9.69. The normalized spacial score (nSPS) is 24.9. The van der Waals surface area contributed by atoms with E-state index in [4.69, 9.17) is 5.11 Å². The number of allylic oxidation sites excluding steroid dienone is 2. The predicted octanol–water partition coefficient (Wildman–Crippen LogP) is 4.13. The van der Waals surface area contributed by atoms with Crippen molar-refractivity contribution < 1.29 is 23.1 Å². The van der Waals surface area contributed by atoms with Gasteiger partial charge in [0, 0.05) is 24.9 Å². The molecule has 2 aliphatic rings. The number of aliphatic carboxylic acids is 1. The summed E-state index contributed by atoms with van der Waals surface area (Å²) in [7, 11) is -3.67. The molecule has 2 aromatic heterocycles. The second-order valence-corrected chi connectivity index (χ2v) is 11.7. The van der Waals surface area contributed by atoms with Crippen molar-refractivity contribution in [2.75, 3.05) is 0 Å². The lowest BCUT2D eigenvalue weighted by molar-refractivity contribution is -0.137. The summed E-state index contributed by atoms with van der Waals surface area (Å²) in [5.41, 5.74) is 0.343. The number of unbranched alkanes of at least 4 members (excludes halogenated alkanes) is 1. The van der Waals surface area contributed by atoms with Gasteiger partial charge in [0.2, 0.25) is 0 Å². The maximum Gasteiger partial charge on any atom is 0.303 e. The van der Waals surface area contributed by atoms with Gasteiger partial charge in [0.1, 0.15) is 4.21 Å². The summed E-state index contributed by atoms with van der Waals surface area (Å²) in [6, 6.07) is 4.87. The van der Waals surface area contributed by atoms with E-state index in [0.717, 1.165) is 41.0 Å². The molecule has 2 heterocycles. The number of nitrogens with one attached hydrogen (secondary N) is 1. The van der Waals surface area contributed by atoms with Gasteiger partial charge in [0.25, 0.3) is 15.9 Å². The lowest BCUT2D eigenvalue weighted by atomic mass is 9.82. The Morgan fingerprint density at radius 2 is 2.03 bits per heavy atom. The molecule has 0 saturated heterocycles. The molecular formula is C23H28N2O5S2. The number of nitrogens with zero attached hydrogens (tertiary/aromatic N) is 1. The average molecular weight is 477 g/mol. The van der Waals surface area contributed by atoms with Gasteiger partial charge < -0.3 is 10.4 Å². The zero-order chi connectivity index (χ0) is 22.7. The molecule has 2 aliphatic carbocycles. The fraction of sp³-hybridized carbons (Fsp3) is 0.478. The summed E-state index contributed by atoms with van der Waals surface area (Å²) in [5.74, 6) is 0.416. The number of carboxylic acid groups (broad SMARTS) is 1. The molecule has 0 aliphatic heterocycles. The Bertz CT molecular complexity index is 1090. The molecule has 32 heavy (non-hydrogen) atoms. The Morgan fingerprint density at radius 1 is 1.22 bits per heavy atom. The van der Waals surface area contributed by atoms with Crippen LogP contribution in [-0.4, -0.2) is 35.4 Å². The standard InChI is InChI=1S/C23H28N2O5S2/c26-20(27)7-4-2-1-3-6-19-16-9-10-17(14-16)22(19)24-23(28)18-11-12-25(15-18)32(29,30)21-8-5-13-31-21/h1,3,5,8,11-13,15-17,19,22H,2,4,6-7,9-10,14H2,(H,24,28)(H,26,27)/b3-1+. The first-order chi connectivity index (χ1) is 15.4. The SMILES string of the molecule is O=C(O)CCC/C=C/CC1C2CCC(C2)C1NC(=O)c1ccn(S(=O)(=O)c2cccs2)c1. The van der Waals surface area contributed by atoms with E-state index in [1.54, 1.807) is 23.6 Å². The molecule has 2 aromatic rings. The third-order valence-electron chi connectivity index (χ3n) is 6.68. The number of carbonyl (C=O) groups excluding carboxylic acids is 1. The molecule has 2 saturated carbocycles. The molecule has 4 rings (SSSR count). The Kier molecular flexibility index (Phi) is 6.85. The molecule has 2 N–H and O–H groups in total. The van der Waals surface area contributed by atoms with Crippen LogP contribution >= 0.6 is 11.3 Å². The molecule has 9 heteroatoms. The minimum absolute atomic E-state index is 0.0853. The van der Waals surface area contributed by atoms with Crippen LogP contribution in [0.2, 0.25) is 0 Å². The van der Waals surface area contributed by atoms with Gasteiger partial charge in [-0.2, -0.15) is 8.42 Å². The number of fused-ring (bicyclic) bond motifs is 2. The number of rotatable bonds is 10. The van der Waals surface area contributed by atoms with Crippen LogP contribution in [0.15, 0.2) is 52.3 Å². The molecule has 0 radical (unpaired) electrons. The van der Waals surface area contributed by atoms with Gasteiger partial charge in [-0.05, 0) is 73.8 Å². The van der Waals surface area contributed by atoms with Crippen molar-refractivity contribution in [1.82, 2.24) is 9.29 Å². The summed E-state index contributed by atoms with van der Waals surface area (Å²) < 4.78 is 26.7. The van der Waals surface area contributed by atoms with Gasteiger partial charge >= 0.3 is 5.97 Å². The van der Waals surface area contributed by atoms with Crippen LogP contribution in [0, 0.1) is 17.8 Å². The second kappa shape index (κ2) is 9.62. The van der Waals surface area contributed by atoms with Crippen molar-refractivity contribution in [3.8, 4) is 0 Å². The highest BCUT2D eigenvalue weighted by molar-refractivity contribution is 7.92. The van der Waals surface area contributed by atoms with Crippen molar-refractivity contribution in [2.24, 2.45) is 17.8 Å². The number of carbonyl (C=O) groups is 2. The van der Waals surface area contributed by atoms with E-state index in [1.807, 2.05) is 6.08 Å². The van der Waals surface area contributed by atoms with E-state index >= 15 is 0 Å². The van der Waals surface area contributed by atoms with Gasteiger partial charge in [0.15, 0.2) is 0 Å². The van der Waals surface area contributed by atoms with E-state index in [2.05, 4.69) is 11.4 Å². The van der Waals surface area contributed by atoms with E-state index < -0.39 is 16.0 Å². The van der Waals surface area contributed by atoms with Crippen LogP contribution in [0.5, 0.6) is 0 Å². The number of aromatic nitrogens is 1. The number of hydrogen-bond donors (Lipinski definition) is 2. The van der Waals surface area contributed by atoms with Crippen molar-refractivity contribution in [3.05, 3.63) is 53.7 Å². The molecule has 4 atom stereocenters. The topological polar surface area (TPSA) is 105 Å². The summed E-state index contributed by atoms with van der Waals surface area (Å²) in [6.07, 6.45) is 12.8. The molecule has 0 aromatic carbocycles. The first-order valence-corrected chi connectivity index (χ1v) is 13.3. The van der Waals surface area contributed by atoms with Crippen LogP contribution in [0.25, 0.3) is 0 Å². The maximum absolute atomic E-state index is 12.9. The van der Waals surface area contributed by atoms with Crippen LogP contribution in [0.3, 0.4) is 0 Å². The molecular weight excluding hydrogens is 448 g/mol. The van der Waals surface area contributed by atoms with Crippen LogP contribution in [-0.2, 0) is 14.8 Å². The zero-order valence-corrected chi connectivity index (χ0v) is 19.4. The second-order valence-electron chi connectivity index (χ2n) is 8.66. The molecule has 7 nitrogen and oxygen atoms in total. The summed E-state index contributed by atoms with van der Waals surface area (Å²) in [5, 5.41) is 13.6. The first kappa shape index (κ1) is 22.8. The van der Waals surface area contributed by atoms with Gasteiger partial charge in [-0.1, -0.05) is 18.2 Å². The minimum Gasteiger partial charge on any atom is -0.481 e. The van der Waals surface area contributed by atoms with Crippen LogP contribution < -0.4 is 5.32 Å². The number of carboxylic acids is 1. The summed E-state index contributed by atoms with van der Waals surface area (Å²) >= 11 is 1.15. The predicted molar refractivity (Wildman–Crippen MR) is 122 cm³/mol. The van der Waals surface area contributed by atoms with Crippen molar-refractivity contribution in [3.63, 3.8) is 0 Å². The first-order valence-electron chi connectivity index (χ1n) is 11.0. The largest absolute Gasteiger partial charge is 0.481 e. The quantitative estimate of drug-likeness (QED) is 0.396. The monoisotopic (exact) mass is 476 g/mol. The van der Waals surface area contributed by atoms with Crippen molar-refractivity contribution in [1.29, 1.82) is 0 Å². The number of thiophene rings is 1. The highest BCUT2D eigenvalue weighted by atomic mass is 32.2. The molecule has 172 valence electrons. The minimum atomic E-state index is -3.67.